The van der Waals surface area contributed by atoms with Crippen LogP contribution in [0.15, 0.2) is 18.2 Å². The average molecular weight is 377 g/mol. The van der Waals surface area contributed by atoms with E-state index in [1.54, 1.807) is 6.92 Å². The first-order valence-electron chi connectivity index (χ1n) is 9.10. The van der Waals surface area contributed by atoms with E-state index in [4.69, 9.17) is 0 Å². The molecule has 0 bridgehead atoms. The molecule has 1 aromatic rings. The maximum absolute atomic E-state index is 13.8. The smallest absolute Gasteiger partial charge is 0.235 e. The lowest BCUT2D eigenvalue weighted by molar-refractivity contribution is -0.124. The van der Waals surface area contributed by atoms with Crippen molar-refractivity contribution >= 4 is 11.7 Å². The molecule has 146 valence electrons. The van der Waals surface area contributed by atoms with Crippen LogP contribution in [-0.2, 0) is 4.79 Å². The monoisotopic (exact) mass is 377 g/mol. The SMILES string of the molecule is CC(C)C(C)(C#N)NC(=O)CN1CCC(C(=O)c2cc(F)ccc2F)CC1. The van der Waals surface area contributed by atoms with Gasteiger partial charge in [-0.2, -0.15) is 5.26 Å². The highest BCUT2D eigenvalue weighted by molar-refractivity contribution is 5.98. The van der Waals surface area contributed by atoms with Crippen LogP contribution in [0.3, 0.4) is 0 Å². The van der Waals surface area contributed by atoms with Crippen LogP contribution in [0.1, 0.15) is 44.0 Å². The first kappa shape index (κ1) is 21.0. The number of likely N-dealkylation sites (tertiary alicyclic amines) is 1. The van der Waals surface area contributed by atoms with Gasteiger partial charge in [-0.3, -0.25) is 14.5 Å². The molecule has 0 saturated carbocycles. The summed E-state index contributed by atoms with van der Waals surface area (Å²) in [6, 6.07) is 5.02. The summed E-state index contributed by atoms with van der Waals surface area (Å²) < 4.78 is 27.1. The van der Waals surface area contributed by atoms with Crippen LogP contribution in [0.5, 0.6) is 0 Å². The zero-order chi connectivity index (χ0) is 20.2. The number of amides is 1. The predicted octanol–water partition coefficient (Wildman–Crippen LogP) is 2.91. The third-order valence-corrected chi connectivity index (χ3v) is 5.31. The van der Waals surface area contributed by atoms with Crippen LogP contribution in [-0.4, -0.2) is 41.8 Å². The molecule has 0 radical (unpaired) electrons. The Kier molecular flexibility index (Phi) is 6.66. The van der Waals surface area contributed by atoms with Crippen molar-refractivity contribution in [2.75, 3.05) is 19.6 Å². The topological polar surface area (TPSA) is 73.2 Å². The molecule has 27 heavy (non-hydrogen) atoms. The molecule has 1 atom stereocenters. The van der Waals surface area contributed by atoms with Crippen LogP contribution in [0.25, 0.3) is 0 Å². The number of benzene rings is 1. The molecule has 1 N–H and O–H groups in total. The third kappa shape index (κ3) is 5.10. The quantitative estimate of drug-likeness (QED) is 0.774. The summed E-state index contributed by atoms with van der Waals surface area (Å²) >= 11 is 0. The van der Waals surface area contributed by atoms with Gasteiger partial charge in [-0.15, -0.1) is 0 Å². The van der Waals surface area contributed by atoms with E-state index in [9.17, 15) is 23.6 Å². The van der Waals surface area contributed by atoms with E-state index in [0.29, 0.717) is 25.9 Å². The molecule has 2 rings (SSSR count). The summed E-state index contributed by atoms with van der Waals surface area (Å²) in [5.41, 5.74) is -1.15. The molecule has 1 saturated heterocycles. The van der Waals surface area contributed by atoms with E-state index in [2.05, 4.69) is 11.4 Å². The lowest BCUT2D eigenvalue weighted by Crippen LogP contribution is -2.52. The number of ketones is 1. The molecule has 0 spiro atoms. The minimum atomic E-state index is -0.930. The van der Waals surface area contributed by atoms with Crippen molar-refractivity contribution in [2.45, 2.75) is 39.2 Å². The van der Waals surface area contributed by atoms with Crippen LogP contribution in [0.2, 0.25) is 0 Å². The van der Waals surface area contributed by atoms with Crippen LogP contribution < -0.4 is 5.32 Å². The Morgan fingerprint density at radius 2 is 1.96 bits per heavy atom. The van der Waals surface area contributed by atoms with E-state index in [-0.39, 0.29) is 29.9 Å². The summed E-state index contributed by atoms with van der Waals surface area (Å²) in [5, 5.41) is 12.0. The number of rotatable bonds is 6. The third-order valence-electron chi connectivity index (χ3n) is 5.31. The number of hydrogen-bond donors (Lipinski definition) is 1. The number of Topliss-reactive ketones (excluding diaryl/α,β-unsaturated/α-hetero) is 1. The van der Waals surface area contributed by atoms with Crippen LogP contribution in [0, 0.1) is 34.8 Å². The van der Waals surface area contributed by atoms with Crippen molar-refractivity contribution in [1.29, 1.82) is 5.26 Å². The summed E-state index contributed by atoms with van der Waals surface area (Å²) in [7, 11) is 0. The van der Waals surface area contributed by atoms with Gasteiger partial charge in [-0.1, -0.05) is 13.8 Å². The number of nitriles is 1. The first-order chi connectivity index (χ1) is 12.7. The maximum atomic E-state index is 13.8. The molecule has 1 heterocycles. The fraction of sp³-hybridized carbons (Fsp3) is 0.550. The summed E-state index contributed by atoms with van der Waals surface area (Å²) in [5.74, 6) is -2.41. The Balaban J connectivity index is 1.90. The van der Waals surface area contributed by atoms with Crippen LogP contribution in [0.4, 0.5) is 8.78 Å². The molecule has 1 amide bonds. The standard InChI is InChI=1S/C20H25F2N3O2/c1-13(2)20(3,12-23)24-18(26)11-25-8-6-14(7-9-25)19(27)16-10-15(21)4-5-17(16)22/h4-5,10,13-14H,6-9,11H2,1-3H3,(H,24,26). The number of carbonyl (C=O) groups excluding carboxylic acids is 2. The van der Waals surface area contributed by atoms with Gasteiger partial charge in [-0.25, -0.2) is 8.78 Å². The average Bonchev–Trinajstić information content (AvgIpc) is 2.63. The van der Waals surface area contributed by atoms with Crippen molar-refractivity contribution in [2.24, 2.45) is 11.8 Å². The summed E-state index contributed by atoms with van der Waals surface area (Å²) in [6.45, 7) is 6.57. The Labute approximate surface area is 158 Å². The van der Waals surface area contributed by atoms with Gasteiger partial charge < -0.3 is 5.32 Å². The van der Waals surface area contributed by atoms with Gasteiger partial charge >= 0.3 is 0 Å². The molecular weight excluding hydrogens is 352 g/mol. The highest BCUT2D eigenvalue weighted by atomic mass is 19.1. The molecule has 1 aliphatic heterocycles. The van der Waals surface area contributed by atoms with Crippen molar-refractivity contribution in [3.63, 3.8) is 0 Å². The van der Waals surface area contributed by atoms with E-state index >= 15 is 0 Å². The first-order valence-corrected chi connectivity index (χ1v) is 9.10. The molecule has 1 aromatic carbocycles. The Morgan fingerprint density at radius 1 is 1.33 bits per heavy atom. The van der Waals surface area contributed by atoms with Gasteiger partial charge in [0, 0.05) is 5.92 Å². The number of piperidine rings is 1. The number of halogens is 2. The molecular formula is C20H25F2N3O2. The van der Waals surface area contributed by atoms with Gasteiger partial charge in [0.15, 0.2) is 5.78 Å². The van der Waals surface area contributed by atoms with Crippen molar-refractivity contribution in [3.05, 3.63) is 35.4 Å². The predicted molar refractivity (Wildman–Crippen MR) is 96.9 cm³/mol. The molecule has 7 heteroatoms. The highest BCUT2D eigenvalue weighted by Crippen LogP contribution is 2.24. The lowest BCUT2D eigenvalue weighted by Gasteiger charge is -2.33. The number of nitrogens with zero attached hydrogens (tertiary/aromatic N) is 2. The molecule has 1 unspecified atom stereocenters. The highest BCUT2D eigenvalue weighted by Gasteiger charge is 2.32. The summed E-state index contributed by atoms with van der Waals surface area (Å²) in [6.07, 6.45) is 0.948. The molecule has 0 aliphatic carbocycles. The van der Waals surface area contributed by atoms with E-state index < -0.39 is 23.0 Å². The zero-order valence-corrected chi connectivity index (χ0v) is 15.9. The molecule has 5 nitrogen and oxygen atoms in total. The number of nitrogens with one attached hydrogen (secondary N) is 1. The number of hydrogen-bond acceptors (Lipinski definition) is 4. The van der Waals surface area contributed by atoms with Crippen molar-refractivity contribution < 1.29 is 18.4 Å². The van der Waals surface area contributed by atoms with Crippen molar-refractivity contribution in [1.82, 2.24) is 10.2 Å². The zero-order valence-electron chi connectivity index (χ0n) is 15.9. The van der Waals surface area contributed by atoms with Gasteiger partial charge in [0.1, 0.15) is 17.2 Å². The summed E-state index contributed by atoms with van der Waals surface area (Å²) in [4.78, 5) is 26.6. The second-order valence-electron chi connectivity index (χ2n) is 7.56. The normalized spacial score (nSPS) is 18.0. The second kappa shape index (κ2) is 8.57. The maximum Gasteiger partial charge on any atom is 0.235 e. The van der Waals surface area contributed by atoms with Crippen LogP contribution >= 0.6 is 0 Å². The van der Waals surface area contributed by atoms with Gasteiger partial charge in [-0.05, 0) is 57.0 Å². The number of carbonyl (C=O) groups is 2. The molecule has 1 aliphatic rings. The largest absolute Gasteiger partial charge is 0.337 e. The second-order valence-corrected chi connectivity index (χ2v) is 7.56. The van der Waals surface area contributed by atoms with Gasteiger partial charge in [0.2, 0.25) is 5.91 Å². The van der Waals surface area contributed by atoms with Gasteiger partial charge in [0.05, 0.1) is 18.2 Å². The van der Waals surface area contributed by atoms with Crippen molar-refractivity contribution in [3.8, 4) is 6.07 Å². The Morgan fingerprint density at radius 3 is 2.52 bits per heavy atom. The molecule has 0 aromatic heterocycles. The van der Waals surface area contributed by atoms with Gasteiger partial charge in [0.25, 0.3) is 0 Å². The minimum Gasteiger partial charge on any atom is -0.337 e. The Hall–Kier alpha value is -2.33. The van der Waals surface area contributed by atoms with E-state index in [1.807, 2.05) is 18.7 Å². The van der Waals surface area contributed by atoms with E-state index in [1.165, 1.54) is 0 Å². The van der Waals surface area contributed by atoms with E-state index in [0.717, 1.165) is 18.2 Å². The fourth-order valence-electron chi connectivity index (χ4n) is 3.09. The Bertz CT molecular complexity index is 752. The fourth-order valence-corrected chi connectivity index (χ4v) is 3.09. The lowest BCUT2D eigenvalue weighted by atomic mass is 9.88. The molecule has 1 fully saturated rings. The minimum absolute atomic E-state index is 0.0315.